The van der Waals surface area contributed by atoms with Crippen LogP contribution in [0.15, 0.2) is 11.6 Å². The third kappa shape index (κ3) is 3.78. The number of carbonyl (C=O) groups excluding carboxylic acids is 1. The van der Waals surface area contributed by atoms with Crippen molar-refractivity contribution in [3.05, 3.63) is 16.6 Å². The molecule has 0 aromatic carbocycles. The first kappa shape index (κ1) is 12.5. The second-order valence-corrected chi connectivity index (χ2v) is 5.56. The van der Waals surface area contributed by atoms with Crippen LogP contribution in [0.5, 0.6) is 0 Å². The van der Waals surface area contributed by atoms with Crippen LogP contribution in [0.4, 0.5) is 0 Å². The molecule has 1 saturated carbocycles. The molecule has 3 N–H and O–H groups in total. The van der Waals surface area contributed by atoms with Crippen LogP contribution in [-0.4, -0.2) is 23.5 Å². The number of aromatic nitrogens is 1. The van der Waals surface area contributed by atoms with Gasteiger partial charge in [0.2, 0.25) is 5.91 Å². The molecule has 0 spiro atoms. The molecule has 4 nitrogen and oxygen atoms in total. The molecule has 2 atom stereocenters. The van der Waals surface area contributed by atoms with Crippen LogP contribution in [0, 0.1) is 5.92 Å². The normalized spacial score (nSPS) is 23.8. The zero-order chi connectivity index (χ0) is 12.1. The van der Waals surface area contributed by atoms with E-state index in [0.717, 1.165) is 30.7 Å². The summed E-state index contributed by atoms with van der Waals surface area (Å²) in [4.78, 5) is 15.9. The minimum atomic E-state index is 0.129. The van der Waals surface area contributed by atoms with Gasteiger partial charge in [-0.2, -0.15) is 0 Å². The molecule has 94 valence electrons. The number of hydrogen-bond acceptors (Lipinski definition) is 4. The Kier molecular flexibility index (Phi) is 4.50. The van der Waals surface area contributed by atoms with Crippen LogP contribution in [0.25, 0.3) is 0 Å². The van der Waals surface area contributed by atoms with E-state index in [4.69, 9.17) is 5.73 Å². The number of amides is 1. The van der Waals surface area contributed by atoms with Gasteiger partial charge in [0.1, 0.15) is 0 Å². The highest BCUT2D eigenvalue weighted by Crippen LogP contribution is 2.26. The smallest absolute Gasteiger partial charge is 0.220 e. The molecule has 17 heavy (non-hydrogen) atoms. The van der Waals surface area contributed by atoms with Gasteiger partial charge in [0, 0.05) is 37.0 Å². The zero-order valence-corrected chi connectivity index (χ0v) is 10.7. The first-order valence-electron chi connectivity index (χ1n) is 6.16. The highest BCUT2D eigenvalue weighted by atomic mass is 32.1. The summed E-state index contributed by atoms with van der Waals surface area (Å²) in [6, 6.07) is 0.222. The first-order valence-corrected chi connectivity index (χ1v) is 7.04. The van der Waals surface area contributed by atoms with E-state index in [1.807, 2.05) is 5.38 Å². The van der Waals surface area contributed by atoms with E-state index in [1.165, 1.54) is 0 Å². The summed E-state index contributed by atoms with van der Waals surface area (Å²) >= 11 is 1.63. The zero-order valence-electron chi connectivity index (χ0n) is 9.89. The molecule has 0 unspecified atom stereocenters. The Morgan fingerprint density at radius 2 is 2.47 bits per heavy atom. The number of nitrogens with zero attached hydrogens (tertiary/aromatic N) is 1. The minimum absolute atomic E-state index is 0.129. The molecule has 1 aliphatic carbocycles. The van der Waals surface area contributed by atoms with Crippen molar-refractivity contribution in [2.75, 3.05) is 6.54 Å². The van der Waals surface area contributed by atoms with Crippen molar-refractivity contribution in [1.82, 2.24) is 10.3 Å². The van der Waals surface area contributed by atoms with Gasteiger partial charge in [-0.05, 0) is 18.8 Å². The molecule has 5 heteroatoms. The number of nitrogens with two attached hydrogens (primary N) is 1. The lowest BCUT2D eigenvalue weighted by Crippen LogP contribution is -2.32. The molecule has 0 aliphatic heterocycles. The van der Waals surface area contributed by atoms with Crippen molar-refractivity contribution in [2.24, 2.45) is 11.7 Å². The Balaban J connectivity index is 1.64. The van der Waals surface area contributed by atoms with Crippen LogP contribution in [0.2, 0.25) is 0 Å². The van der Waals surface area contributed by atoms with E-state index in [0.29, 0.717) is 18.9 Å². The lowest BCUT2D eigenvalue weighted by atomic mass is 10.00. The molecule has 1 fully saturated rings. The number of hydrogen-bond donors (Lipinski definition) is 2. The summed E-state index contributed by atoms with van der Waals surface area (Å²) in [5.74, 6) is 0.513. The molecule has 1 aromatic heterocycles. The first-order chi connectivity index (χ1) is 8.25. The van der Waals surface area contributed by atoms with Gasteiger partial charge in [-0.25, -0.2) is 4.98 Å². The van der Waals surface area contributed by atoms with Gasteiger partial charge in [0.15, 0.2) is 0 Å². The van der Waals surface area contributed by atoms with Crippen molar-refractivity contribution in [2.45, 2.75) is 38.1 Å². The number of carbonyl (C=O) groups is 1. The average Bonchev–Trinajstić information content (AvgIpc) is 2.92. The van der Waals surface area contributed by atoms with Crippen molar-refractivity contribution >= 4 is 17.2 Å². The second-order valence-electron chi connectivity index (χ2n) is 4.58. The van der Waals surface area contributed by atoms with E-state index in [-0.39, 0.29) is 11.9 Å². The molecule has 2 rings (SSSR count). The van der Waals surface area contributed by atoms with Crippen molar-refractivity contribution in [3.63, 3.8) is 0 Å². The maximum atomic E-state index is 11.7. The average molecular weight is 253 g/mol. The Morgan fingerprint density at radius 1 is 1.59 bits per heavy atom. The van der Waals surface area contributed by atoms with E-state index in [9.17, 15) is 4.79 Å². The Hall–Kier alpha value is -0.940. The number of thiazole rings is 1. The second kappa shape index (κ2) is 6.12. The monoisotopic (exact) mass is 253 g/mol. The lowest BCUT2D eigenvalue weighted by molar-refractivity contribution is -0.122. The van der Waals surface area contributed by atoms with Crippen LogP contribution >= 0.6 is 11.3 Å². The molecule has 0 radical (unpaired) electrons. The Labute approximate surface area is 106 Å². The van der Waals surface area contributed by atoms with Gasteiger partial charge in [-0.1, -0.05) is 6.42 Å². The highest BCUT2D eigenvalue weighted by molar-refractivity contribution is 7.09. The predicted molar refractivity (Wildman–Crippen MR) is 68.8 cm³/mol. The quantitative estimate of drug-likeness (QED) is 0.831. The van der Waals surface area contributed by atoms with Crippen LogP contribution in [0.3, 0.4) is 0 Å². The van der Waals surface area contributed by atoms with Crippen LogP contribution < -0.4 is 11.1 Å². The van der Waals surface area contributed by atoms with Gasteiger partial charge < -0.3 is 11.1 Å². The van der Waals surface area contributed by atoms with E-state index in [2.05, 4.69) is 10.3 Å². The van der Waals surface area contributed by atoms with Gasteiger partial charge in [0.05, 0.1) is 5.01 Å². The van der Waals surface area contributed by atoms with Gasteiger partial charge in [-0.3, -0.25) is 4.79 Å². The van der Waals surface area contributed by atoms with Crippen molar-refractivity contribution in [1.29, 1.82) is 0 Å². The summed E-state index contributed by atoms with van der Waals surface area (Å²) in [5.41, 5.74) is 5.94. The molecular formula is C12H19N3OS. The van der Waals surface area contributed by atoms with Crippen molar-refractivity contribution < 1.29 is 4.79 Å². The molecule has 0 saturated heterocycles. The topological polar surface area (TPSA) is 68.0 Å². The fraction of sp³-hybridized carbons (Fsp3) is 0.667. The van der Waals surface area contributed by atoms with E-state index >= 15 is 0 Å². The molecule has 1 amide bonds. The summed E-state index contributed by atoms with van der Waals surface area (Å²) < 4.78 is 0. The van der Waals surface area contributed by atoms with Gasteiger partial charge in [-0.15, -0.1) is 11.3 Å². The maximum Gasteiger partial charge on any atom is 0.220 e. The van der Waals surface area contributed by atoms with Gasteiger partial charge in [0.25, 0.3) is 0 Å². The molecule has 1 aliphatic rings. The number of rotatable bonds is 5. The van der Waals surface area contributed by atoms with Crippen LogP contribution in [-0.2, 0) is 11.2 Å². The third-order valence-corrected chi connectivity index (χ3v) is 4.15. The fourth-order valence-corrected chi connectivity index (χ4v) is 2.93. The maximum absolute atomic E-state index is 11.7. The van der Waals surface area contributed by atoms with E-state index in [1.54, 1.807) is 17.5 Å². The summed E-state index contributed by atoms with van der Waals surface area (Å²) in [7, 11) is 0. The third-order valence-electron chi connectivity index (χ3n) is 3.31. The minimum Gasteiger partial charge on any atom is -0.356 e. The highest BCUT2D eigenvalue weighted by Gasteiger charge is 2.25. The van der Waals surface area contributed by atoms with E-state index < -0.39 is 0 Å². The molecular weight excluding hydrogens is 234 g/mol. The molecule has 0 bridgehead atoms. The Bertz CT molecular complexity index is 353. The van der Waals surface area contributed by atoms with Gasteiger partial charge >= 0.3 is 0 Å². The number of nitrogens with one attached hydrogen (secondary N) is 1. The summed E-state index contributed by atoms with van der Waals surface area (Å²) in [5, 5.41) is 5.97. The molecule has 1 heterocycles. The van der Waals surface area contributed by atoms with Crippen molar-refractivity contribution in [3.8, 4) is 0 Å². The Morgan fingerprint density at radius 3 is 3.12 bits per heavy atom. The lowest BCUT2D eigenvalue weighted by Gasteiger charge is -2.14. The fourth-order valence-electron chi connectivity index (χ4n) is 2.31. The summed E-state index contributed by atoms with van der Waals surface area (Å²) in [6.07, 6.45) is 6.52. The molecule has 1 aromatic rings. The summed E-state index contributed by atoms with van der Waals surface area (Å²) in [6.45, 7) is 0.675. The SMILES string of the molecule is N[C@@H]1CCC[C@H]1CC(=O)NCCc1nccs1. The largest absolute Gasteiger partial charge is 0.356 e. The standard InChI is InChI=1S/C12H19N3OS/c13-10-3-1-2-9(10)8-11(16)14-5-4-12-15-6-7-17-12/h6-7,9-10H,1-5,8,13H2,(H,14,16)/t9-,10+/m0/s1. The predicted octanol–water partition coefficient (Wildman–Crippen LogP) is 1.32. The van der Waals surface area contributed by atoms with Crippen LogP contribution in [0.1, 0.15) is 30.7 Å².